The van der Waals surface area contributed by atoms with Crippen LogP contribution in [0.25, 0.3) is 0 Å². The van der Waals surface area contributed by atoms with Crippen molar-refractivity contribution < 1.29 is 39.8 Å². The van der Waals surface area contributed by atoms with Gasteiger partial charge in [-0.3, -0.25) is 4.79 Å². The molecule has 1 rings (SSSR count). The van der Waals surface area contributed by atoms with Gasteiger partial charge in [-0.1, -0.05) is 222 Å². The Balaban J connectivity index is 2.06. The third-order valence-corrected chi connectivity index (χ3v) is 12.9. The fourth-order valence-electron chi connectivity index (χ4n) is 8.60. The number of carbonyl (C=O) groups is 1. The molecule has 0 aliphatic carbocycles. The smallest absolute Gasteiger partial charge is 0.220 e. The van der Waals surface area contributed by atoms with Gasteiger partial charge in [-0.25, -0.2) is 0 Å². The zero-order valence-corrected chi connectivity index (χ0v) is 42.0. The number of unbranched alkanes of at least 4 members (excludes halogenated alkanes) is 31. The lowest BCUT2D eigenvalue weighted by molar-refractivity contribution is -0.302. The summed E-state index contributed by atoms with van der Waals surface area (Å²) in [7, 11) is 0. The summed E-state index contributed by atoms with van der Waals surface area (Å²) >= 11 is 0. The maximum atomic E-state index is 13.0. The molecule has 0 radical (unpaired) electrons. The second kappa shape index (κ2) is 45.9. The molecule has 380 valence electrons. The molecule has 9 nitrogen and oxygen atoms in total. The molecule has 65 heavy (non-hydrogen) atoms. The zero-order valence-electron chi connectivity index (χ0n) is 42.0. The van der Waals surface area contributed by atoms with E-state index in [4.69, 9.17) is 9.47 Å². The van der Waals surface area contributed by atoms with E-state index in [0.717, 1.165) is 44.9 Å². The Morgan fingerprint density at radius 3 is 1.38 bits per heavy atom. The molecule has 1 aliphatic rings. The van der Waals surface area contributed by atoms with E-state index in [1.807, 2.05) is 19.1 Å². The molecule has 1 fully saturated rings. The third-order valence-electron chi connectivity index (χ3n) is 12.9. The Hall–Kier alpha value is -1.85. The highest BCUT2D eigenvalue weighted by Gasteiger charge is 2.44. The van der Waals surface area contributed by atoms with E-state index in [1.54, 1.807) is 6.08 Å². The fourth-order valence-corrected chi connectivity index (χ4v) is 8.60. The van der Waals surface area contributed by atoms with Crippen LogP contribution in [0, 0.1) is 0 Å². The van der Waals surface area contributed by atoms with E-state index in [2.05, 4.69) is 42.6 Å². The summed E-state index contributed by atoms with van der Waals surface area (Å²) in [6, 6.07) is -0.825. The lowest BCUT2D eigenvalue weighted by Crippen LogP contribution is -2.60. The summed E-state index contributed by atoms with van der Waals surface area (Å²) in [6.07, 6.45) is 53.8. The number of hydrogen-bond donors (Lipinski definition) is 6. The van der Waals surface area contributed by atoms with E-state index in [0.29, 0.717) is 6.42 Å². The summed E-state index contributed by atoms with van der Waals surface area (Å²) in [4.78, 5) is 13.0. The maximum Gasteiger partial charge on any atom is 0.220 e. The van der Waals surface area contributed by atoms with Crippen molar-refractivity contribution in [3.63, 3.8) is 0 Å². The minimum atomic E-state index is -1.57. The predicted octanol–water partition coefficient (Wildman–Crippen LogP) is 13.0. The molecule has 0 aromatic heterocycles. The van der Waals surface area contributed by atoms with Crippen LogP contribution in [0.2, 0.25) is 0 Å². The number of aliphatic hydroxyl groups is 5. The van der Waals surface area contributed by atoms with Crippen LogP contribution in [0.15, 0.2) is 48.6 Å². The van der Waals surface area contributed by atoms with Crippen molar-refractivity contribution in [1.82, 2.24) is 5.32 Å². The summed E-state index contributed by atoms with van der Waals surface area (Å²) in [5.41, 5.74) is 0. The average molecular weight is 918 g/mol. The standard InChI is InChI=1S/C56H103NO8/c1-3-5-7-9-11-13-14-15-16-17-18-19-20-21-22-23-24-25-26-27-28-29-30-31-32-33-34-35-36-38-40-42-44-46-52(60)57-49(50(59)45-43-41-39-37-12-10-8-6-4-2)48-64-56-55(63)54(62)53(61)51(47-58)65-56/h4,6,12,17-18,37,43,45,49-51,53-56,58-59,61-63H,3,5,7-11,13-16,19-36,38-42,44,46-48H2,1-2H3,(H,57,60)/b6-4+,18-17-,37-12+,45-43+. The summed E-state index contributed by atoms with van der Waals surface area (Å²) in [5, 5.41) is 54.1. The van der Waals surface area contributed by atoms with Crippen molar-refractivity contribution in [2.24, 2.45) is 0 Å². The largest absolute Gasteiger partial charge is 0.394 e. The van der Waals surface area contributed by atoms with Crippen LogP contribution < -0.4 is 5.32 Å². The monoisotopic (exact) mass is 918 g/mol. The van der Waals surface area contributed by atoms with Crippen LogP contribution in [-0.2, 0) is 14.3 Å². The molecule has 0 aromatic carbocycles. The molecule has 1 heterocycles. The van der Waals surface area contributed by atoms with Crippen LogP contribution in [0.1, 0.15) is 245 Å². The number of ether oxygens (including phenoxy) is 2. The van der Waals surface area contributed by atoms with E-state index in [-0.39, 0.29) is 12.5 Å². The molecule has 7 unspecified atom stereocenters. The highest BCUT2D eigenvalue weighted by molar-refractivity contribution is 5.76. The van der Waals surface area contributed by atoms with Crippen LogP contribution >= 0.6 is 0 Å². The third kappa shape index (κ3) is 35.9. The van der Waals surface area contributed by atoms with Crippen LogP contribution in [0.5, 0.6) is 0 Å². The van der Waals surface area contributed by atoms with Gasteiger partial charge in [0.25, 0.3) is 0 Å². The van der Waals surface area contributed by atoms with Crippen molar-refractivity contribution in [3.05, 3.63) is 48.6 Å². The SMILES string of the molecule is C/C=C/CC/C=C/CC/C=C/C(O)C(COC1OC(CO)C(O)C(O)C1O)NC(=O)CCCCCCCCCCCCCCCCCCCCCCC/C=C\CCCCCCCCCC. The van der Waals surface area contributed by atoms with Gasteiger partial charge < -0.3 is 40.3 Å². The van der Waals surface area contributed by atoms with Crippen LogP contribution in [0.3, 0.4) is 0 Å². The van der Waals surface area contributed by atoms with Gasteiger partial charge >= 0.3 is 0 Å². The number of allylic oxidation sites excluding steroid dienone is 7. The molecule has 0 aromatic rings. The van der Waals surface area contributed by atoms with Gasteiger partial charge in [-0.2, -0.15) is 0 Å². The molecule has 0 spiro atoms. The Kier molecular flexibility index (Phi) is 43.2. The average Bonchev–Trinajstić information content (AvgIpc) is 3.31. The van der Waals surface area contributed by atoms with Crippen molar-refractivity contribution in [2.75, 3.05) is 13.2 Å². The molecule has 7 atom stereocenters. The minimum absolute atomic E-state index is 0.192. The number of aliphatic hydroxyl groups excluding tert-OH is 5. The Bertz CT molecular complexity index is 1160. The lowest BCUT2D eigenvalue weighted by atomic mass is 9.99. The number of nitrogens with one attached hydrogen (secondary N) is 1. The van der Waals surface area contributed by atoms with Gasteiger partial charge in [0.1, 0.15) is 24.4 Å². The Morgan fingerprint density at radius 2 is 0.938 bits per heavy atom. The second-order valence-electron chi connectivity index (χ2n) is 19.0. The molecule has 1 saturated heterocycles. The van der Waals surface area contributed by atoms with Gasteiger partial charge in [-0.05, 0) is 64.7 Å². The van der Waals surface area contributed by atoms with E-state index in [9.17, 15) is 30.3 Å². The number of hydrogen-bond acceptors (Lipinski definition) is 8. The first-order valence-electron chi connectivity index (χ1n) is 27.3. The molecule has 6 N–H and O–H groups in total. The highest BCUT2D eigenvalue weighted by atomic mass is 16.7. The number of amides is 1. The Labute approximate surface area is 399 Å². The quantitative estimate of drug-likeness (QED) is 0.0261. The van der Waals surface area contributed by atoms with Crippen LogP contribution in [0.4, 0.5) is 0 Å². The first-order valence-corrected chi connectivity index (χ1v) is 27.3. The van der Waals surface area contributed by atoms with Crippen molar-refractivity contribution in [3.8, 4) is 0 Å². The lowest BCUT2D eigenvalue weighted by Gasteiger charge is -2.40. The first kappa shape index (κ1) is 61.2. The normalized spacial score (nSPS) is 20.3. The molecule has 0 bridgehead atoms. The van der Waals surface area contributed by atoms with Crippen molar-refractivity contribution in [1.29, 1.82) is 0 Å². The summed E-state index contributed by atoms with van der Waals surface area (Å²) < 4.78 is 11.2. The Morgan fingerprint density at radius 1 is 0.538 bits per heavy atom. The summed E-state index contributed by atoms with van der Waals surface area (Å²) in [5.74, 6) is -0.192. The molecule has 0 saturated carbocycles. The molecular formula is C56H103NO8. The maximum absolute atomic E-state index is 13.0. The highest BCUT2D eigenvalue weighted by Crippen LogP contribution is 2.23. The first-order chi connectivity index (χ1) is 31.8. The minimum Gasteiger partial charge on any atom is -0.394 e. The molecule has 1 amide bonds. The van der Waals surface area contributed by atoms with Crippen LogP contribution in [-0.4, -0.2) is 87.5 Å². The second-order valence-corrected chi connectivity index (χ2v) is 19.0. The summed E-state index contributed by atoms with van der Waals surface area (Å²) in [6.45, 7) is 3.52. The van der Waals surface area contributed by atoms with Gasteiger partial charge in [0.2, 0.25) is 5.91 Å². The molecule has 9 heteroatoms. The van der Waals surface area contributed by atoms with Gasteiger partial charge in [-0.15, -0.1) is 0 Å². The van der Waals surface area contributed by atoms with Crippen molar-refractivity contribution in [2.45, 2.75) is 288 Å². The van der Waals surface area contributed by atoms with Crippen molar-refractivity contribution >= 4 is 5.91 Å². The molecular weight excluding hydrogens is 815 g/mol. The van der Waals surface area contributed by atoms with Gasteiger partial charge in [0, 0.05) is 6.42 Å². The van der Waals surface area contributed by atoms with Gasteiger partial charge in [0.05, 0.1) is 25.4 Å². The topological polar surface area (TPSA) is 149 Å². The fraction of sp³-hybridized carbons (Fsp3) is 0.839. The molecule has 1 aliphatic heterocycles. The van der Waals surface area contributed by atoms with E-state index >= 15 is 0 Å². The van der Waals surface area contributed by atoms with E-state index < -0.39 is 49.5 Å². The number of rotatable bonds is 46. The van der Waals surface area contributed by atoms with Gasteiger partial charge in [0.15, 0.2) is 6.29 Å². The predicted molar refractivity (Wildman–Crippen MR) is 272 cm³/mol. The number of carbonyl (C=O) groups excluding carboxylic acids is 1. The zero-order chi connectivity index (χ0) is 47.3. The van der Waals surface area contributed by atoms with E-state index in [1.165, 1.54) is 180 Å².